The zero-order chi connectivity index (χ0) is 31.9. The Labute approximate surface area is 249 Å². The summed E-state index contributed by atoms with van der Waals surface area (Å²) in [7, 11) is 0. The number of unbranched alkanes of at least 4 members (excludes halogenated alkanes) is 1. The van der Waals surface area contributed by atoms with Crippen LogP contribution in [0.25, 0.3) is 0 Å². The van der Waals surface area contributed by atoms with Gasteiger partial charge in [-0.25, -0.2) is 4.79 Å². The third-order valence-corrected chi connectivity index (χ3v) is 6.61. The molecule has 0 heterocycles. The number of carboxylic acid groups (broad SMARTS) is 1. The molecule has 0 fully saturated rings. The molecule has 0 aliphatic rings. The maximum atomic E-state index is 13.5. The summed E-state index contributed by atoms with van der Waals surface area (Å²) < 4.78 is 0. The standard InChI is InChI=1S/C29H40N6O8/c30-14-2-1-3-22(27(40)34-23(29(42)43)12-13-25(32)38)33-28(41)24(16-18-6-10-20(37)11-7-18)35-26(39)21(31)15-17-4-8-19(36)9-5-17/h4-11,21-24,36-37H,1-3,12-16,30-31H2,(H2,32,38)(H,33,41)(H,34,40)(H,35,39)(H,42,43). The quantitative estimate of drug-likeness (QED) is 0.0956. The molecule has 0 saturated carbocycles. The normalized spacial score (nSPS) is 13.6. The van der Waals surface area contributed by atoms with Crippen LogP contribution < -0.4 is 33.2 Å². The van der Waals surface area contributed by atoms with Gasteiger partial charge in [0.15, 0.2) is 0 Å². The van der Waals surface area contributed by atoms with E-state index >= 15 is 0 Å². The molecule has 2 rings (SSSR count). The number of nitrogens with one attached hydrogen (secondary N) is 3. The second-order valence-corrected chi connectivity index (χ2v) is 10.2. The van der Waals surface area contributed by atoms with E-state index in [2.05, 4.69) is 16.0 Å². The molecular formula is C29H40N6O8. The summed E-state index contributed by atoms with van der Waals surface area (Å²) in [5, 5.41) is 36.2. The molecule has 4 amide bonds. The first-order chi connectivity index (χ1) is 20.4. The number of aromatic hydroxyl groups is 2. The minimum absolute atomic E-state index is 0.00525. The van der Waals surface area contributed by atoms with Crippen LogP contribution in [-0.4, -0.2) is 75.6 Å². The number of aliphatic carboxylic acids is 1. The van der Waals surface area contributed by atoms with Gasteiger partial charge in [0.05, 0.1) is 6.04 Å². The van der Waals surface area contributed by atoms with E-state index in [0.717, 1.165) is 0 Å². The largest absolute Gasteiger partial charge is 0.508 e. The van der Waals surface area contributed by atoms with Gasteiger partial charge in [0.1, 0.15) is 29.6 Å². The number of carboxylic acids is 1. The topological polar surface area (TPSA) is 260 Å². The van der Waals surface area contributed by atoms with Gasteiger partial charge < -0.3 is 48.5 Å². The number of phenols is 2. The van der Waals surface area contributed by atoms with Crippen LogP contribution in [0.5, 0.6) is 11.5 Å². The van der Waals surface area contributed by atoms with Crippen LogP contribution in [0, 0.1) is 0 Å². The summed E-state index contributed by atoms with van der Waals surface area (Å²) in [6.45, 7) is 0.330. The van der Waals surface area contributed by atoms with Gasteiger partial charge in [0, 0.05) is 12.8 Å². The van der Waals surface area contributed by atoms with Crippen LogP contribution in [0.15, 0.2) is 48.5 Å². The highest BCUT2D eigenvalue weighted by molar-refractivity contribution is 5.94. The van der Waals surface area contributed by atoms with Crippen molar-refractivity contribution in [3.63, 3.8) is 0 Å². The van der Waals surface area contributed by atoms with Gasteiger partial charge in [0.25, 0.3) is 0 Å². The molecular weight excluding hydrogens is 560 g/mol. The molecule has 0 aliphatic carbocycles. The van der Waals surface area contributed by atoms with Crippen molar-refractivity contribution in [3.8, 4) is 11.5 Å². The highest BCUT2D eigenvalue weighted by atomic mass is 16.4. The third kappa shape index (κ3) is 12.4. The predicted octanol–water partition coefficient (Wildman–Crippen LogP) is -0.856. The molecule has 0 aromatic heterocycles. The Balaban J connectivity index is 2.23. The monoisotopic (exact) mass is 600 g/mol. The lowest BCUT2D eigenvalue weighted by atomic mass is 10.0. The number of amides is 4. The molecule has 234 valence electrons. The van der Waals surface area contributed by atoms with Crippen molar-refractivity contribution >= 4 is 29.6 Å². The second-order valence-electron chi connectivity index (χ2n) is 10.2. The van der Waals surface area contributed by atoms with Crippen molar-refractivity contribution < 1.29 is 39.3 Å². The van der Waals surface area contributed by atoms with Gasteiger partial charge in [-0.2, -0.15) is 0 Å². The highest BCUT2D eigenvalue weighted by Crippen LogP contribution is 2.14. The maximum Gasteiger partial charge on any atom is 0.326 e. The van der Waals surface area contributed by atoms with Crippen molar-refractivity contribution in [2.45, 2.75) is 69.1 Å². The molecule has 4 unspecified atom stereocenters. The van der Waals surface area contributed by atoms with Crippen LogP contribution in [0.2, 0.25) is 0 Å². The highest BCUT2D eigenvalue weighted by Gasteiger charge is 2.30. The molecule has 2 aromatic carbocycles. The number of benzene rings is 2. The molecule has 0 radical (unpaired) electrons. The van der Waals surface area contributed by atoms with E-state index in [0.29, 0.717) is 30.5 Å². The maximum absolute atomic E-state index is 13.5. The van der Waals surface area contributed by atoms with Crippen molar-refractivity contribution in [1.29, 1.82) is 0 Å². The summed E-state index contributed by atoms with van der Waals surface area (Å²) >= 11 is 0. The number of nitrogens with two attached hydrogens (primary N) is 3. The summed E-state index contributed by atoms with van der Waals surface area (Å²) in [6, 6.07) is 7.27. The second kappa shape index (κ2) is 17.3. The van der Waals surface area contributed by atoms with Gasteiger partial charge in [0.2, 0.25) is 23.6 Å². The smallest absolute Gasteiger partial charge is 0.326 e. The van der Waals surface area contributed by atoms with E-state index < -0.39 is 53.8 Å². The van der Waals surface area contributed by atoms with Crippen LogP contribution >= 0.6 is 0 Å². The summed E-state index contributed by atoms with van der Waals surface area (Å²) in [6.07, 6.45) is 0.675. The van der Waals surface area contributed by atoms with E-state index in [1.165, 1.54) is 24.3 Å². The number of primary amides is 1. The number of carbonyl (C=O) groups is 5. The lowest BCUT2D eigenvalue weighted by molar-refractivity contribution is -0.142. The van der Waals surface area contributed by atoms with E-state index in [-0.39, 0.29) is 43.6 Å². The van der Waals surface area contributed by atoms with Gasteiger partial charge in [-0.05, 0) is 74.0 Å². The molecule has 0 saturated heterocycles. The average Bonchev–Trinajstić information content (AvgIpc) is 2.96. The van der Waals surface area contributed by atoms with Crippen LogP contribution in [0.1, 0.15) is 43.2 Å². The first-order valence-electron chi connectivity index (χ1n) is 13.8. The molecule has 2 aromatic rings. The molecule has 43 heavy (non-hydrogen) atoms. The first kappa shape index (κ1) is 34.5. The Morgan fingerprint density at radius 1 is 0.674 bits per heavy atom. The van der Waals surface area contributed by atoms with Gasteiger partial charge in [-0.3, -0.25) is 19.2 Å². The van der Waals surface area contributed by atoms with Gasteiger partial charge in [-0.1, -0.05) is 24.3 Å². The van der Waals surface area contributed by atoms with Crippen LogP contribution in [0.3, 0.4) is 0 Å². The molecule has 0 aliphatic heterocycles. The Morgan fingerprint density at radius 3 is 1.67 bits per heavy atom. The fourth-order valence-corrected chi connectivity index (χ4v) is 4.18. The van der Waals surface area contributed by atoms with Crippen LogP contribution in [0.4, 0.5) is 0 Å². The fraction of sp³-hybridized carbons (Fsp3) is 0.414. The Hall–Kier alpha value is -4.69. The minimum atomic E-state index is -1.42. The number of carbonyl (C=O) groups excluding carboxylic acids is 4. The Morgan fingerprint density at radius 2 is 1.16 bits per heavy atom. The fourth-order valence-electron chi connectivity index (χ4n) is 4.18. The number of hydrogen-bond acceptors (Lipinski definition) is 9. The summed E-state index contributed by atoms with van der Waals surface area (Å²) in [5.41, 5.74) is 18.1. The number of hydrogen-bond donors (Lipinski definition) is 9. The molecule has 14 nitrogen and oxygen atoms in total. The van der Waals surface area contributed by atoms with Crippen molar-refractivity contribution in [3.05, 3.63) is 59.7 Å². The van der Waals surface area contributed by atoms with Crippen molar-refractivity contribution in [2.75, 3.05) is 6.54 Å². The predicted molar refractivity (Wildman–Crippen MR) is 156 cm³/mol. The van der Waals surface area contributed by atoms with Crippen molar-refractivity contribution in [2.24, 2.45) is 17.2 Å². The molecule has 4 atom stereocenters. The molecule has 12 N–H and O–H groups in total. The average molecular weight is 601 g/mol. The lowest BCUT2D eigenvalue weighted by Crippen LogP contribution is -2.57. The van der Waals surface area contributed by atoms with Gasteiger partial charge >= 0.3 is 5.97 Å². The van der Waals surface area contributed by atoms with E-state index in [4.69, 9.17) is 17.2 Å². The lowest BCUT2D eigenvalue weighted by Gasteiger charge is -2.25. The Kier molecular flexibility index (Phi) is 13.9. The first-order valence-corrected chi connectivity index (χ1v) is 13.8. The molecule has 14 heteroatoms. The minimum Gasteiger partial charge on any atom is -0.508 e. The molecule has 0 bridgehead atoms. The van der Waals surface area contributed by atoms with Crippen LogP contribution in [-0.2, 0) is 36.8 Å². The van der Waals surface area contributed by atoms with Crippen molar-refractivity contribution in [1.82, 2.24) is 16.0 Å². The zero-order valence-corrected chi connectivity index (χ0v) is 23.7. The van der Waals surface area contributed by atoms with E-state index in [9.17, 15) is 39.3 Å². The summed E-state index contributed by atoms with van der Waals surface area (Å²) in [4.78, 5) is 62.5. The molecule has 0 spiro atoms. The number of rotatable bonds is 18. The Bertz CT molecular complexity index is 1240. The summed E-state index contributed by atoms with van der Waals surface area (Å²) in [5.74, 6) is -4.21. The third-order valence-electron chi connectivity index (χ3n) is 6.61. The SMILES string of the molecule is NCCCCC(NC(=O)C(Cc1ccc(O)cc1)NC(=O)C(N)Cc1ccc(O)cc1)C(=O)NC(CCC(N)=O)C(=O)O. The number of phenolic OH excluding ortho intramolecular Hbond substituents is 2. The zero-order valence-electron chi connectivity index (χ0n) is 23.7. The van der Waals surface area contributed by atoms with Gasteiger partial charge in [-0.15, -0.1) is 0 Å². The van der Waals surface area contributed by atoms with E-state index in [1.807, 2.05) is 0 Å². The van der Waals surface area contributed by atoms with E-state index in [1.54, 1.807) is 24.3 Å².